The maximum atomic E-state index is 12.9. The molecule has 1 atom stereocenters. The van der Waals surface area contributed by atoms with E-state index in [1.54, 1.807) is 14.2 Å². The number of ether oxygens (including phenoxy) is 2. The zero-order chi connectivity index (χ0) is 18.8. The second-order valence-corrected chi connectivity index (χ2v) is 7.90. The average Bonchev–Trinajstić information content (AvgIpc) is 3.47. The molecule has 2 aliphatic heterocycles. The van der Waals surface area contributed by atoms with Gasteiger partial charge in [0.05, 0.1) is 14.2 Å². The van der Waals surface area contributed by atoms with Gasteiger partial charge in [-0.3, -0.25) is 9.69 Å². The highest BCUT2D eigenvalue weighted by Crippen LogP contribution is 2.34. The first kappa shape index (κ1) is 18.3. The highest BCUT2D eigenvalue weighted by Gasteiger charge is 2.32. The molecule has 2 aromatic rings. The Hall–Kier alpha value is -2.12. The van der Waals surface area contributed by atoms with Gasteiger partial charge in [-0.15, -0.1) is 11.3 Å². The number of aromatic nitrogens is 1. The molecule has 2 saturated heterocycles. The Balaban J connectivity index is 1.47. The van der Waals surface area contributed by atoms with E-state index in [9.17, 15) is 4.79 Å². The van der Waals surface area contributed by atoms with Gasteiger partial charge in [-0.25, -0.2) is 4.98 Å². The number of carbonyl (C=O) groups is 1. The summed E-state index contributed by atoms with van der Waals surface area (Å²) in [5.74, 6) is 1.38. The Morgan fingerprint density at radius 1 is 1.15 bits per heavy atom. The molecule has 1 aromatic heterocycles. The summed E-state index contributed by atoms with van der Waals surface area (Å²) in [6, 6.07) is 6.21. The Morgan fingerprint density at radius 3 is 2.67 bits per heavy atom. The molecule has 2 fully saturated rings. The van der Waals surface area contributed by atoms with Crippen LogP contribution in [-0.2, 0) is 0 Å². The fourth-order valence-corrected chi connectivity index (χ4v) is 4.76. The van der Waals surface area contributed by atoms with Crippen LogP contribution in [0.4, 0.5) is 0 Å². The molecule has 0 aliphatic carbocycles. The van der Waals surface area contributed by atoms with Crippen LogP contribution in [0.2, 0.25) is 0 Å². The number of hydrogen-bond donors (Lipinski definition) is 0. The predicted molar refractivity (Wildman–Crippen MR) is 106 cm³/mol. The van der Waals surface area contributed by atoms with Crippen LogP contribution in [0.15, 0.2) is 23.6 Å². The fraction of sp³-hybridized carbons (Fsp3) is 0.500. The highest BCUT2D eigenvalue weighted by molar-refractivity contribution is 7.13. The molecule has 2 aliphatic rings. The van der Waals surface area contributed by atoms with E-state index < -0.39 is 0 Å². The van der Waals surface area contributed by atoms with Crippen molar-refractivity contribution in [2.24, 2.45) is 0 Å². The number of hydrogen-bond acceptors (Lipinski definition) is 6. The standard InChI is InChI=1S/C20H25N3O3S/c1-25-17-6-5-14(11-18(17)26-2)19-21-16(13-27-19)20(24)23-10-7-15(12-23)22-8-3-4-9-22/h5-6,11,13,15H,3-4,7-10,12H2,1-2H3/t15-/m0/s1. The Kier molecular flexibility index (Phi) is 5.31. The van der Waals surface area contributed by atoms with E-state index in [2.05, 4.69) is 9.88 Å². The summed E-state index contributed by atoms with van der Waals surface area (Å²) >= 11 is 1.48. The van der Waals surface area contributed by atoms with Crippen molar-refractivity contribution in [3.05, 3.63) is 29.3 Å². The van der Waals surface area contributed by atoms with Gasteiger partial charge in [-0.1, -0.05) is 0 Å². The maximum Gasteiger partial charge on any atom is 0.273 e. The summed E-state index contributed by atoms with van der Waals surface area (Å²) in [4.78, 5) is 22.0. The Bertz CT molecular complexity index is 817. The van der Waals surface area contributed by atoms with E-state index in [1.165, 1.54) is 37.3 Å². The summed E-state index contributed by atoms with van der Waals surface area (Å²) < 4.78 is 10.6. The predicted octanol–water partition coefficient (Wildman–Crippen LogP) is 3.14. The third-order valence-corrected chi connectivity index (χ3v) is 6.35. The Labute approximate surface area is 163 Å². The van der Waals surface area contributed by atoms with Crippen molar-refractivity contribution in [1.82, 2.24) is 14.8 Å². The van der Waals surface area contributed by atoms with Gasteiger partial charge in [0, 0.05) is 30.1 Å². The van der Waals surface area contributed by atoms with Gasteiger partial charge in [0.2, 0.25) is 0 Å². The molecule has 27 heavy (non-hydrogen) atoms. The summed E-state index contributed by atoms with van der Waals surface area (Å²) in [6.07, 6.45) is 3.63. The molecule has 0 bridgehead atoms. The van der Waals surface area contributed by atoms with Crippen molar-refractivity contribution >= 4 is 17.2 Å². The lowest BCUT2D eigenvalue weighted by Crippen LogP contribution is -2.37. The minimum absolute atomic E-state index is 0.0414. The molecule has 144 valence electrons. The van der Waals surface area contributed by atoms with Crippen LogP contribution >= 0.6 is 11.3 Å². The second-order valence-electron chi connectivity index (χ2n) is 7.04. The van der Waals surface area contributed by atoms with E-state index in [0.717, 1.165) is 30.1 Å². The first-order chi connectivity index (χ1) is 13.2. The molecule has 0 N–H and O–H groups in total. The van der Waals surface area contributed by atoms with E-state index in [1.807, 2.05) is 28.5 Å². The number of methoxy groups -OCH3 is 2. The normalized spacial score (nSPS) is 20.2. The lowest BCUT2D eigenvalue weighted by atomic mass is 10.2. The van der Waals surface area contributed by atoms with Gasteiger partial charge in [0.1, 0.15) is 10.7 Å². The molecule has 0 saturated carbocycles. The number of rotatable bonds is 5. The molecule has 1 aromatic carbocycles. The Morgan fingerprint density at radius 2 is 1.93 bits per heavy atom. The molecular formula is C20H25N3O3S. The maximum absolute atomic E-state index is 12.9. The minimum Gasteiger partial charge on any atom is -0.493 e. The number of carbonyl (C=O) groups excluding carboxylic acids is 1. The summed E-state index contributed by atoms with van der Waals surface area (Å²) in [6.45, 7) is 3.99. The zero-order valence-corrected chi connectivity index (χ0v) is 16.6. The largest absolute Gasteiger partial charge is 0.493 e. The van der Waals surface area contributed by atoms with Gasteiger partial charge >= 0.3 is 0 Å². The van der Waals surface area contributed by atoms with Gasteiger partial charge in [-0.2, -0.15) is 0 Å². The van der Waals surface area contributed by atoms with Crippen molar-refractivity contribution in [2.45, 2.75) is 25.3 Å². The minimum atomic E-state index is 0.0414. The van der Waals surface area contributed by atoms with E-state index in [4.69, 9.17) is 9.47 Å². The summed E-state index contributed by atoms with van der Waals surface area (Å²) in [5.41, 5.74) is 1.46. The van der Waals surface area contributed by atoms with Crippen LogP contribution in [-0.4, -0.2) is 67.1 Å². The molecule has 4 rings (SSSR count). The molecule has 0 radical (unpaired) electrons. The lowest BCUT2D eigenvalue weighted by Gasteiger charge is -2.23. The molecule has 7 heteroatoms. The molecule has 0 unspecified atom stereocenters. The van der Waals surface area contributed by atoms with Crippen LogP contribution in [0.5, 0.6) is 11.5 Å². The van der Waals surface area contributed by atoms with Gasteiger partial charge in [-0.05, 0) is 50.6 Å². The quantitative estimate of drug-likeness (QED) is 0.789. The smallest absolute Gasteiger partial charge is 0.273 e. The number of likely N-dealkylation sites (tertiary alicyclic amines) is 2. The molecular weight excluding hydrogens is 362 g/mol. The van der Waals surface area contributed by atoms with Crippen LogP contribution in [0.3, 0.4) is 0 Å². The summed E-state index contributed by atoms with van der Waals surface area (Å²) in [5, 5.41) is 2.67. The van der Waals surface area contributed by atoms with Crippen molar-refractivity contribution < 1.29 is 14.3 Å². The number of nitrogens with zero attached hydrogens (tertiary/aromatic N) is 3. The third-order valence-electron chi connectivity index (χ3n) is 5.46. The molecule has 6 nitrogen and oxygen atoms in total. The van der Waals surface area contributed by atoms with Crippen LogP contribution < -0.4 is 9.47 Å². The van der Waals surface area contributed by atoms with E-state index in [0.29, 0.717) is 23.2 Å². The second kappa shape index (κ2) is 7.86. The molecule has 1 amide bonds. The fourth-order valence-electron chi connectivity index (χ4n) is 3.97. The highest BCUT2D eigenvalue weighted by atomic mass is 32.1. The number of amides is 1. The van der Waals surface area contributed by atoms with Crippen molar-refractivity contribution in [3.63, 3.8) is 0 Å². The zero-order valence-electron chi connectivity index (χ0n) is 15.8. The van der Waals surface area contributed by atoms with E-state index >= 15 is 0 Å². The van der Waals surface area contributed by atoms with Gasteiger partial charge in [0.25, 0.3) is 5.91 Å². The van der Waals surface area contributed by atoms with Crippen molar-refractivity contribution in [2.75, 3.05) is 40.4 Å². The van der Waals surface area contributed by atoms with Crippen molar-refractivity contribution in [3.8, 4) is 22.1 Å². The summed E-state index contributed by atoms with van der Waals surface area (Å²) in [7, 11) is 3.23. The number of benzene rings is 1. The van der Waals surface area contributed by atoms with E-state index in [-0.39, 0.29) is 5.91 Å². The van der Waals surface area contributed by atoms with Gasteiger partial charge in [0.15, 0.2) is 11.5 Å². The first-order valence-corrected chi connectivity index (χ1v) is 10.3. The van der Waals surface area contributed by atoms with Crippen LogP contribution in [0.25, 0.3) is 10.6 Å². The third kappa shape index (κ3) is 3.66. The van der Waals surface area contributed by atoms with Gasteiger partial charge < -0.3 is 14.4 Å². The topological polar surface area (TPSA) is 54.9 Å². The monoisotopic (exact) mass is 387 g/mol. The lowest BCUT2D eigenvalue weighted by molar-refractivity contribution is 0.0775. The van der Waals surface area contributed by atoms with Crippen LogP contribution in [0.1, 0.15) is 29.8 Å². The number of thiazole rings is 1. The molecule has 0 spiro atoms. The SMILES string of the molecule is COc1ccc(-c2nc(C(=O)N3CC[C@H](N4CCCC4)C3)cs2)cc1OC. The average molecular weight is 388 g/mol. The van der Waals surface area contributed by atoms with Crippen molar-refractivity contribution in [1.29, 1.82) is 0 Å². The molecule has 3 heterocycles. The van der Waals surface area contributed by atoms with Crippen LogP contribution in [0, 0.1) is 0 Å². The first-order valence-electron chi connectivity index (χ1n) is 9.41.